The van der Waals surface area contributed by atoms with E-state index in [1.807, 2.05) is 50.3 Å². The van der Waals surface area contributed by atoms with Crippen LogP contribution in [0.15, 0.2) is 60.6 Å². The van der Waals surface area contributed by atoms with Crippen molar-refractivity contribution in [1.82, 2.24) is 10.3 Å². The van der Waals surface area contributed by atoms with E-state index in [0.29, 0.717) is 5.56 Å². The van der Waals surface area contributed by atoms with Gasteiger partial charge in [-0.2, -0.15) is 5.26 Å². The average Bonchev–Trinajstić information content (AvgIpc) is 2.67. The van der Waals surface area contributed by atoms with Gasteiger partial charge in [0.25, 0.3) is 0 Å². The Hall–Kier alpha value is -3.13. The predicted molar refractivity (Wildman–Crippen MR) is 97.9 cm³/mol. The molecule has 3 rings (SSSR count). The average molecular weight is 347 g/mol. The van der Waals surface area contributed by atoms with Crippen LogP contribution < -0.4 is 5.32 Å². The first-order valence-electron chi connectivity index (χ1n) is 8.45. The van der Waals surface area contributed by atoms with Crippen LogP contribution in [0, 0.1) is 17.2 Å². The Bertz CT molecular complexity index is 886. The molecule has 1 aromatic heterocycles. The van der Waals surface area contributed by atoms with Crippen molar-refractivity contribution in [1.29, 1.82) is 5.26 Å². The quantitative estimate of drug-likeness (QED) is 0.863. The van der Waals surface area contributed by atoms with Crippen LogP contribution in [0.25, 0.3) is 0 Å². The Labute approximate surface area is 153 Å². The molecular weight excluding hydrogens is 326 g/mol. The fourth-order valence-electron chi connectivity index (χ4n) is 3.84. The molecule has 1 aromatic carbocycles. The molecule has 3 atom stereocenters. The number of pyridine rings is 1. The highest BCUT2D eigenvalue weighted by Crippen LogP contribution is 2.45. The van der Waals surface area contributed by atoms with E-state index in [4.69, 9.17) is 4.74 Å². The number of rotatable bonds is 3. The van der Waals surface area contributed by atoms with E-state index in [-0.39, 0.29) is 11.9 Å². The maximum atomic E-state index is 12.9. The number of nitriles is 1. The summed E-state index contributed by atoms with van der Waals surface area (Å²) >= 11 is 0. The molecule has 132 valence electrons. The van der Waals surface area contributed by atoms with Crippen molar-refractivity contribution >= 4 is 5.97 Å². The van der Waals surface area contributed by atoms with E-state index in [0.717, 1.165) is 16.8 Å². The Balaban J connectivity index is 2.22. The summed E-state index contributed by atoms with van der Waals surface area (Å²) in [6.07, 6.45) is 5.46. The third-order valence-electron chi connectivity index (χ3n) is 5.02. The molecule has 5 heteroatoms. The van der Waals surface area contributed by atoms with Crippen LogP contribution in [0.4, 0.5) is 0 Å². The van der Waals surface area contributed by atoms with Crippen molar-refractivity contribution < 1.29 is 9.53 Å². The fraction of sp³-hybridized carbons (Fsp3) is 0.286. The molecule has 0 saturated heterocycles. The van der Waals surface area contributed by atoms with Crippen LogP contribution in [0.3, 0.4) is 0 Å². The van der Waals surface area contributed by atoms with Crippen LogP contribution in [0.1, 0.15) is 36.5 Å². The Morgan fingerprint density at radius 2 is 2.08 bits per heavy atom. The minimum atomic E-state index is -0.715. The van der Waals surface area contributed by atoms with E-state index in [1.54, 1.807) is 18.5 Å². The number of hydrogen-bond donors (Lipinski definition) is 1. The Morgan fingerprint density at radius 3 is 2.73 bits per heavy atom. The Morgan fingerprint density at radius 1 is 1.31 bits per heavy atom. The van der Waals surface area contributed by atoms with E-state index in [9.17, 15) is 10.1 Å². The van der Waals surface area contributed by atoms with Crippen molar-refractivity contribution in [3.8, 4) is 6.07 Å². The third kappa shape index (κ3) is 2.95. The van der Waals surface area contributed by atoms with Crippen molar-refractivity contribution in [2.45, 2.75) is 25.3 Å². The van der Waals surface area contributed by atoms with Crippen LogP contribution in [0.5, 0.6) is 0 Å². The van der Waals surface area contributed by atoms with Gasteiger partial charge in [0.15, 0.2) is 0 Å². The summed E-state index contributed by atoms with van der Waals surface area (Å²) < 4.78 is 5.16. The summed E-state index contributed by atoms with van der Waals surface area (Å²) in [5.74, 6) is -1.16. The molecular formula is C21H21N3O2. The molecule has 0 aliphatic carbocycles. The smallest absolute Gasteiger partial charge is 0.312 e. The number of aromatic nitrogens is 1. The maximum absolute atomic E-state index is 12.9. The molecule has 3 unspecified atom stereocenters. The first-order valence-corrected chi connectivity index (χ1v) is 8.45. The number of carbonyl (C=O) groups excluding carboxylic acids is 1. The molecule has 0 radical (unpaired) electrons. The number of esters is 1. The summed E-state index contributed by atoms with van der Waals surface area (Å²) in [5, 5.41) is 13.0. The summed E-state index contributed by atoms with van der Waals surface area (Å²) in [4.78, 5) is 17.1. The zero-order valence-electron chi connectivity index (χ0n) is 15.1. The molecule has 0 saturated carbocycles. The minimum Gasteiger partial charge on any atom is -0.469 e. The lowest BCUT2D eigenvalue weighted by Crippen LogP contribution is -2.53. The van der Waals surface area contributed by atoms with Gasteiger partial charge in [-0.05, 0) is 37.1 Å². The number of carbonyl (C=O) groups is 1. The second-order valence-electron chi connectivity index (χ2n) is 6.64. The van der Waals surface area contributed by atoms with Gasteiger partial charge >= 0.3 is 5.97 Å². The zero-order valence-corrected chi connectivity index (χ0v) is 15.1. The van der Waals surface area contributed by atoms with Crippen molar-refractivity contribution in [2.24, 2.45) is 5.92 Å². The fourth-order valence-corrected chi connectivity index (χ4v) is 3.84. The topological polar surface area (TPSA) is 75.0 Å². The summed E-state index contributed by atoms with van der Waals surface area (Å²) in [7, 11) is 1.39. The molecule has 1 aliphatic heterocycles. The molecule has 1 aliphatic rings. The van der Waals surface area contributed by atoms with Gasteiger partial charge in [-0.25, -0.2) is 0 Å². The number of methoxy groups -OCH3 is 1. The van der Waals surface area contributed by atoms with Gasteiger partial charge in [0.05, 0.1) is 30.2 Å². The lowest BCUT2D eigenvalue weighted by Gasteiger charge is -2.45. The van der Waals surface area contributed by atoms with E-state index in [2.05, 4.69) is 16.4 Å². The largest absolute Gasteiger partial charge is 0.469 e. The molecule has 0 amide bonds. The first kappa shape index (κ1) is 17.7. The summed E-state index contributed by atoms with van der Waals surface area (Å²) in [6, 6.07) is 13.4. The van der Waals surface area contributed by atoms with Gasteiger partial charge < -0.3 is 10.1 Å². The van der Waals surface area contributed by atoms with Gasteiger partial charge in [-0.3, -0.25) is 9.78 Å². The van der Waals surface area contributed by atoms with Crippen LogP contribution in [-0.4, -0.2) is 18.1 Å². The normalized spacial score (nSPS) is 24.8. The molecule has 2 heterocycles. The van der Waals surface area contributed by atoms with Crippen molar-refractivity contribution in [2.75, 3.05) is 7.11 Å². The van der Waals surface area contributed by atoms with Gasteiger partial charge in [0, 0.05) is 24.0 Å². The van der Waals surface area contributed by atoms with Crippen molar-refractivity contribution in [3.63, 3.8) is 0 Å². The highest BCUT2D eigenvalue weighted by molar-refractivity contribution is 5.77. The predicted octanol–water partition coefficient (Wildman–Crippen LogP) is 3.25. The first-order chi connectivity index (χ1) is 12.5. The number of ether oxygens (including phenoxy) is 1. The molecule has 5 nitrogen and oxygen atoms in total. The highest BCUT2D eigenvalue weighted by atomic mass is 16.5. The molecule has 0 spiro atoms. The number of hydrogen-bond acceptors (Lipinski definition) is 5. The van der Waals surface area contributed by atoms with E-state index >= 15 is 0 Å². The second-order valence-corrected chi connectivity index (χ2v) is 6.64. The second kappa shape index (κ2) is 7.01. The zero-order chi connectivity index (χ0) is 18.7. The monoisotopic (exact) mass is 347 g/mol. The number of benzene rings is 1. The van der Waals surface area contributed by atoms with Gasteiger partial charge in [0.2, 0.25) is 0 Å². The minimum absolute atomic E-state index is 0.287. The summed E-state index contributed by atoms with van der Waals surface area (Å²) in [6.45, 7) is 3.94. The lowest BCUT2D eigenvalue weighted by molar-refractivity contribution is -0.149. The number of nitrogens with zero attached hydrogens (tertiary/aromatic N) is 2. The van der Waals surface area contributed by atoms with E-state index in [1.165, 1.54) is 7.11 Å². The molecule has 0 fully saturated rings. The number of nitrogens with one attached hydrogen (secondary N) is 1. The molecule has 1 N–H and O–H groups in total. The van der Waals surface area contributed by atoms with Gasteiger partial charge in [-0.15, -0.1) is 0 Å². The SMILES string of the molecule is COC(=O)C1C(c2ccccc2C#N)C=C(C)NC1(C)c1cccnc1. The highest BCUT2D eigenvalue weighted by Gasteiger charge is 2.49. The standard InChI is InChI=1S/C21H21N3O2/c1-14-11-18(17-9-5-4-7-15(17)12-22)19(20(25)26-3)21(2,24-14)16-8-6-10-23-13-16/h4-11,13,18-19,24H,1-3H3. The maximum Gasteiger partial charge on any atom is 0.312 e. The van der Waals surface area contributed by atoms with Crippen LogP contribution in [0.2, 0.25) is 0 Å². The lowest BCUT2D eigenvalue weighted by atomic mass is 9.67. The van der Waals surface area contributed by atoms with Crippen LogP contribution >= 0.6 is 0 Å². The third-order valence-corrected chi connectivity index (χ3v) is 5.02. The molecule has 26 heavy (non-hydrogen) atoms. The Kier molecular flexibility index (Phi) is 4.77. The molecule has 0 bridgehead atoms. The van der Waals surface area contributed by atoms with Gasteiger partial charge in [-0.1, -0.05) is 30.3 Å². The van der Waals surface area contributed by atoms with E-state index < -0.39 is 11.5 Å². The molecule has 2 aromatic rings. The van der Waals surface area contributed by atoms with Crippen LogP contribution in [-0.2, 0) is 15.1 Å². The van der Waals surface area contributed by atoms with Crippen molar-refractivity contribution in [3.05, 3.63) is 77.3 Å². The number of allylic oxidation sites excluding steroid dienone is 2. The summed E-state index contributed by atoms with van der Waals surface area (Å²) in [5.41, 5.74) is 2.50. The van der Waals surface area contributed by atoms with Gasteiger partial charge in [0.1, 0.15) is 0 Å².